The second kappa shape index (κ2) is 7.10. The van der Waals surface area contributed by atoms with Crippen LogP contribution < -0.4 is 5.32 Å². The van der Waals surface area contributed by atoms with Gasteiger partial charge in [0.1, 0.15) is 11.6 Å². The van der Waals surface area contributed by atoms with Crippen molar-refractivity contribution < 1.29 is 18.0 Å². The van der Waals surface area contributed by atoms with Gasteiger partial charge in [-0.3, -0.25) is 4.79 Å². The Morgan fingerprint density at radius 3 is 2.76 bits per heavy atom. The number of halogens is 1. The molecule has 25 heavy (non-hydrogen) atoms. The summed E-state index contributed by atoms with van der Waals surface area (Å²) in [6.45, 7) is 5.16. The number of benzene rings is 1. The number of anilines is 1. The summed E-state index contributed by atoms with van der Waals surface area (Å²) in [5.74, 6) is 0.358. The molecule has 0 bridgehead atoms. The molecule has 0 saturated carbocycles. The molecule has 6 nitrogen and oxygen atoms in total. The number of hydrogen-bond acceptors (Lipinski definition) is 6. The maximum Gasteiger partial charge on any atom is 0.277 e. The maximum absolute atomic E-state index is 13.6. The second-order valence-corrected chi connectivity index (χ2v) is 6.77. The molecule has 0 aliphatic carbocycles. The first-order valence-corrected chi connectivity index (χ1v) is 8.43. The molecule has 1 amide bonds. The van der Waals surface area contributed by atoms with Gasteiger partial charge in [-0.1, -0.05) is 17.8 Å². The SMILES string of the molecule is Cc1ccc(NC(=O)[C@@H](C)Sc2nnc(-c3ccoc3C)o2)cc1F. The number of thioether (sulfide) groups is 1. The fourth-order valence-electron chi connectivity index (χ4n) is 2.09. The van der Waals surface area contributed by atoms with Crippen molar-refractivity contribution >= 4 is 23.4 Å². The molecule has 0 aliphatic heterocycles. The lowest BCUT2D eigenvalue weighted by Gasteiger charge is -2.10. The summed E-state index contributed by atoms with van der Waals surface area (Å²) in [5.41, 5.74) is 1.64. The lowest BCUT2D eigenvalue weighted by Crippen LogP contribution is -2.22. The van der Waals surface area contributed by atoms with Crippen molar-refractivity contribution in [2.75, 3.05) is 5.32 Å². The van der Waals surface area contributed by atoms with Gasteiger partial charge < -0.3 is 14.2 Å². The van der Waals surface area contributed by atoms with Crippen molar-refractivity contribution in [3.63, 3.8) is 0 Å². The third kappa shape index (κ3) is 3.90. The molecule has 3 aromatic rings. The van der Waals surface area contributed by atoms with Crippen LogP contribution >= 0.6 is 11.8 Å². The van der Waals surface area contributed by atoms with Gasteiger partial charge in [-0.2, -0.15) is 0 Å². The average Bonchev–Trinajstić information content (AvgIpc) is 3.19. The lowest BCUT2D eigenvalue weighted by atomic mass is 10.2. The highest BCUT2D eigenvalue weighted by Gasteiger charge is 2.20. The first-order valence-electron chi connectivity index (χ1n) is 7.55. The van der Waals surface area contributed by atoms with Gasteiger partial charge in [0, 0.05) is 5.69 Å². The molecule has 8 heteroatoms. The number of carbonyl (C=O) groups excluding carboxylic acids is 1. The van der Waals surface area contributed by atoms with Gasteiger partial charge in [-0.05, 0) is 44.5 Å². The Morgan fingerprint density at radius 2 is 2.08 bits per heavy atom. The lowest BCUT2D eigenvalue weighted by molar-refractivity contribution is -0.115. The Bertz CT molecular complexity index is 906. The van der Waals surface area contributed by atoms with Crippen molar-refractivity contribution in [3.8, 4) is 11.5 Å². The largest absolute Gasteiger partial charge is 0.469 e. The third-order valence-electron chi connectivity index (χ3n) is 3.58. The number of amides is 1. The Labute approximate surface area is 147 Å². The van der Waals surface area contributed by atoms with E-state index in [1.54, 1.807) is 45.2 Å². The summed E-state index contributed by atoms with van der Waals surface area (Å²) in [6, 6.07) is 6.29. The van der Waals surface area contributed by atoms with Crippen LogP contribution in [0.4, 0.5) is 10.1 Å². The predicted octanol–water partition coefficient (Wildman–Crippen LogP) is 4.20. The molecular weight excluding hydrogens is 345 g/mol. The van der Waals surface area contributed by atoms with Crippen molar-refractivity contribution in [2.24, 2.45) is 0 Å². The first-order chi connectivity index (χ1) is 11.9. The van der Waals surface area contributed by atoms with Gasteiger partial charge in [0.25, 0.3) is 11.1 Å². The van der Waals surface area contributed by atoms with Crippen LogP contribution in [0.2, 0.25) is 0 Å². The van der Waals surface area contributed by atoms with Gasteiger partial charge in [0.15, 0.2) is 0 Å². The zero-order chi connectivity index (χ0) is 18.0. The number of aromatic nitrogens is 2. The number of carbonyl (C=O) groups is 1. The van der Waals surface area contributed by atoms with Crippen molar-refractivity contribution in [3.05, 3.63) is 47.7 Å². The molecule has 2 aromatic heterocycles. The Hall–Kier alpha value is -2.61. The van der Waals surface area contributed by atoms with Crippen molar-refractivity contribution in [1.82, 2.24) is 10.2 Å². The molecule has 130 valence electrons. The van der Waals surface area contributed by atoms with Crippen LogP contribution in [-0.2, 0) is 4.79 Å². The molecule has 0 radical (unpaired) electrons. The summed E-state index contributed by atoms with van der Waals surface area (Å²) in [4.78, 5) is 12.2. The molecule has 1 N–H and O–H groups in total. The van der Waals surface area contributed by atoms with E-state index in [4.69, 9.17) is 8.83 Å². The minimum atomic E-state index is -0.497. The summed E-state index contributed by atoms with van der Waals surface area (Å²) in [6.07, 6.45) is 1.54. The van der Waals surface area contributed by atoms with Crippen LogP contribution in [-0.4, -0.2) is 21.4 Å². The van der Waals surface area contributed by atoms with Crippen LogP contribution in [0.15, 0.2) is 44.6 Å². The van der Waals surface area contributed by atoms with E-state index in [1.807, 2.05) is 0 Å². The minimum Gasteiger partial charge on any atom is -0.469 e. The van der Waals surface area contributed by atoms with Crippen molar-refractivity contribution in [2.45, 2.75) is 31.2 Å². The smallest absolute Gasteiger partial charge is 0.277 e. The highest BCUT2D eigenvalue weighted by atomic mass is 32.2. The number of nitrogens with one attached hydrogen (secondary N) is 1. The maximum atomic E-state index is 13.6. The van der Waals surface area contributed by atoms with E-state index in [0.717, 1.165) is 11.8 Å². The number of furan rings is 1. The third-order valence-corrected chi connectivity index (χ3v) is 4.52. The van der Waals surface area contributed by atoms with E-state index in [1.165, 1.54) is 6.07 Å². The molecule has 0 aliphatic rings. The Balaban J connectivity index is 1.64. The van der Waals surface area contributed by atoms with Crippen LogP contribution in [0.3, 0.4) is 0 Å². The molecule has 2 heterocycles. The molecule has 3 rings (SSSR count). The topological polar surface area (TPSA) is 81.2 Å². The van der Waals surface area contributed by atoms with E-state index in [0.29, 0.717) is 28.5 Å². The fraction of sp³-hybridized carbons (Fsp3) is 0.235. The van der Waals surface area contributed by atoms with Gasteiger partial charge in [0.05, 0.1) is 17.1 Å². The highest BCUT2D eigenvalue weighted by molar-refractivity contribution is 8.00. The van der Waals surface area contributed by atoms with Gasteiger partial charge in [-0.25, -0.2) is 4.39 Å². The van der Waals surface area contributed by atoms with E-state index >= 15 is 0 Å². The number of rotatable bonds is 5. The van der Waals surface area contributed by atoms with E-state index < -0.39 is 5.25 Å². The monoisotopic (exact) mass is 361 g/mol. The van der Waals surface area contributed by atoms with Gasteiger partial charge in [-0.15, -0.1) is 10.2 Å². The molecule has 0 unspecified atom stereocenters. The quantitative estimate of drug-likeness (QED) is 0.686. The number of aryl methyl sites for hydroxylation is 2. The number of hydrogen-bond donors (Lipinski definition) is 1. The van der Waals surface area contributed by atoms with Gasteiger partial charge in [0.2, 0.25) is 5.91 Å². The highest BCUT2D eigenvalue weighted by Crippen LogP contribution is 2.28. The summed E-state index contributed by atoms with van der Waals surface area (Å²) < 4.78 is 24.3. The zero-order valence-corrected chi connectivity index (χ0v) is 14.7. The minimum absolute atomic E-state index is 0.272. The fourth-order valence-corrected chi connectivity index (χ4v) is 2.78. The number of nitrogens with zero attached hydrogens (tertiary/aromatic N) is 2. The first kappa shape index (κ1) is 17.2. The van der Waals surface area contributed by atoms with Crippen LogP contribution in [0, 0.1) is 19.7 Å². The van der Waals surface area contributed by atoms with E-state index in [2.05, 4.69) is 15.5 Å². The molecule has 1 aromatic carbocycles. The molecule has 0 fully saturated rings. The predicted molar refractivity (Wildman–Crippen MR) is 91.8 cm³/mol. The van der Waals surface area contributed by atoms with Crippen molar-refractivity contribution in [1.29, 1.82) is 0 Å². The van der Waals surface area contributed by atoms with E-state index in [9.17, 15) is 9.18 Å². The zero-order valence-electron chi connectivity index (χ0n) is 13.9. The molecule has 0 spiro atoms. The van der Waals surface area contributed by atoms with Crippen LogP contribution in [0.25, 0.3) is 11.5 Å². The standard InChI is InChI=1S/C17H16FN3O3S/c1-9-4-5-12(8-14(9)18)19-15(22)11(3)25-17-21-20-16(24-17)13-6-7-23-10(13)2/h4-8,11H,1-3H3,(H,19,22)/t11-/m1/s1. The molecular formula is C17H16FN3O3S. The Morgan fingerprint density at radius 1 is 1.28 bits per heavy atom. The summed E-state index contributed by atoms with van der Waals surface area (Å²) in [5, 5.41) is 10.3. The second-order valence-electron chi connectivity index (χ2n) is 5.48. The molecule has 1 atom stereocenters. The Kier molecular flexibility index (Phi) is 4.89. The van der Waals surface area contributed by atoms with Gasteiger partial charge >= 0.3 is 0 Å². The summed E-state index contributed by atoms with van der Waals surface area (Å²) in [7, 11) is 0. The molecule has 0 saturated heterocycles. The average molecular weight is 361 g/mol. The van der Waals surface area contributed by atoms with Crippen LogP contribution in [0.1, 0.15) is 18.2 Å². The van der Waals surface area contributed by atoms with E-state index in [-0.39, 0.29) is 16.9 Å². The normalized spacial score (nSPS) is 12.2. The van der Waals surface area contributed by atoms with Crippen LogP contribution in [0.5, 0.6) is 0 Å². The summed E-state index contributed by atoms with van der Waals surface area (Å²) >= 11 is 1.13.